The predicted octanol–water partition coefficient (Wildman–Crippen LogP) is 1.62. The molecule has 0 aliphatic carbocycles. The van der Waals surface area contributed by atoms with Gasteiger partial charge in [-0.25, -0.2) is 8.42 Å². The Hall–Kier alpha value is -0.830. The summed E-state index contributed by atoms with van der Waals surface area (Å²) in [5, 5.41) is 0. The molecule has 0 aliphatic rings. The fourth-order valence-electron chi connectivity index (χ4n) is 0.930. The van der Waals surface area contributed by atoms with Gasteiger partial charge in [0.15, 0.2) is 9.84 Å². The van der Waals surface area contributed by atoms with Gasteiger partial charge in [0, 0.05) is 5.75 Å². The lowest BCUT2D eigenvalue weighted by atomic mass is 10.2. The van der Waals surface area contributed by atoms with Crippen LogP contribution in [0, 0.1) is 0 Å². The standard InChI is InChI=1S/C9H12O2S/c1-2-12(10,11)8-9-6-4-3-5-7-9/h3-7H,2,8H2,1H3. The number of benzene rings is 1. The van der Waals surface area contributed by atoms with Crippen LogP contribution in [0.5, 0.6) is 0 Å². The van der Waals surface area contributed by atoms with Crippen LogP contribution >= 0.6 is 0 Å². The van der Waals surface area contributed by atoms with Crippen molar-refractivity contribution in [1.29, 1.82) is 0 Å². The second-order valence-electron chi connectivity index (χ2n) is 2.66. The summed E-state index contributed by atoms with van der Waals surface area (Å²) in [7, 11) is -2.87. The first-order chi connectivity index (χ1) is 5.64. The van der Waals surface area contributed by atoms with Crippen molar-refractivity contribution in [2.24, 2.45) is 0 Å². The lowest BCUT2D eigenvalue weighted by Gasteiger charge is -1.99. The Morgan fingerprint density at radius 1 is 1.17 bits per heavy atom. The smallest absolute Gasteiger partial charge is 0.154 e. The van der Waals surface area contributed by atoms with Crippen molar-refractivity contribution >= 4 is 9.84 Å². The maximum absolute atomic E-state index is 11.2. The van der Waals surface area contributed by atoms with Crippen molar-refractivity contribution in [2.75, 3.05) is 5.75 Å². The Balaban J connectivity index is 2.78. The Bertz CT molecular complexity index is 327. The predicted molar refractivity (Wildman–Crippen MR) is 49.6 cm³/mol. The molecular weight excluding hydrogens is 172 g/mol. The largest absolute Gasteiger partial charge is 0.229 e. The quantitative estimate of drug-likeness (QED) is 0.715. The third-order valence-electron chi connectivity index (χ3n) is 1.67. The maximum Gasteiger partial charge on any atom is 0.154 e. The fraction of sp³-hybridized carbons (Fsp3) is 0.333. The molecule has 1 aromatic rings. The first-order valence-electron chi connectivity index (χ1n) is 3.88. The highest BCUT2D eigenvalue weighted by atomic mass is 32.2. The zero-order valence-electron chi connectivity index (χ0n) is 7.03. The Labute approximate surface area is 73.2 Å². The maximum atomic E-state index is 11.2. The van der Waals surface area contributed by atoms with E-state index in [4.69, 9.17) is 0 Å². The summed E-state index contributed by atoms with van der Waals surface area (Å²) in [5.74, 6) is 0.367. The molecule has 0 amide bonds. The van der Waals surface area contributed by atoms with E-state index in [1.165, 1.54) is 0 Å². The SMILES string of the molecule is CCS(=O)(=O)Cc1ccccc1. The molecule has 0 spiro atoms. The summed E-state index contributed by atoms with van der Waals surface area (Å²) in [5.41, 5.74) is 0.861. The summed E-state index contributed by atoms with van der Waals surface area (Å²) >= 11 is 0. The van der Waals surface area contributed by atoms with E-state index in [0.29, 0.717) is 0 Å². The van der Waals surface area contributed by atoms with Crippen LogP contribution in [-0.4, -0.2) is 14.2 Å². The van der Waals surface area contributed by atoms with Gasteiger partial charge in [-0.2, -0.15) is 0 Å². The molecule has 1 rings (SSSR count). The van der Waals surface area contributed by atoms with Gasteiger partial charge in [-0.3, -0.25) is 0 Å². The number of hydrogen-bond acceptors (Lipinski definition) is 2. The minimum Gasteiger partial charge on any atom is -0.229 e. The zero-order chi connectivity index (χ0) is 9.03. The van der Waals surface area contributed by atoms with Crippen molar-refractivity contribution in [2.45, 2.75) is 12.7 Å². The number of rotatable bonds is 3. The van der Waals surface area contributed by atoms with Gasteiger partial charge in [-0.1, -0.05) is 37.3 Å². The highest BCUT2D eigenvalue weighted by Gasteiger charge is 2.07. The average molecular weight is 184 g/mol. The van der Waals surface area contributed by atoms with Gasteiger partial charge in [0.05, 0.1) is 5.75 Å². The van der Waals surface area contributed by atoms with Crippen molar-refractivity contribution < 1.29 is 8.42 Å². The van der Waals surface area contributed by atoms with Crippen molar-refractivity contribution in [1.82, 2.24) is 0 Å². The minimum atomic E-state index is -2.87. The molecule has 66 valence electrons. The summed E-state index contributed by atoms with van der Waals surface area (Å²) in [6.45, 7) is 1.66. The molecule has 0 fully saturated rings. The molecule has 1 aromatic carbocycles. The molecule has 0 saturated heterocycles. The highest BCUT2D eigenvalue weighted by Crippen LogP contribution is 2.05. The molecular formula is C9H12O2S. The van der Waals surface area contributed by atoms with Gasteiger partial charge < -0.3 is 0 Å². The van der Waals surface area contributed by atoms with E-state index in [2.05, 4.69) is 0 Å². The third-order valence-corrected chi connectivity index (χ3v) is 3.32. The molecule has 0 radical (unpaired) electrons. The van der Waals surface area contributed by atoms with E-state index in [1.807, 2.05) is 30.3 Å². The topological polar surface area (TPSA) is 34.1 Å². The van der Waals surface area contributed by atoms with E-state index in [9.17, 15) is 8.42 Å². The van der Waals surface area contributed by atoms with Crippen LogP contribution in [0.2, 0.25) is 0 Å². The van der Waals surface area contributed by atoms with E-state index in [-0.39, 0.29) is 11.5 Å². The van der Waals surface area contributed by atoms with Crippen LogP contribution in [0.25, 0.3) is 0 Å². The third kappa shape index (κ3) is 2.66. The Morgan fingerprint density at radius 2 is 1.75 bits per heavy atom. The van der Waals surface area contributed by atoms with Crippen molar-refractivity contribution in [3.63, 3.8) is 0 Å². The summed E-state index contributed by atoms with van der Waals surface area (Å²) < 4.78 is 22.3. The van der Waals surface area contributed by atoms with Crippen molar-refractivity contribution in [3.8, 4) is 0 Å². The first-order valence-corrected chi connectivity index (χ1v) is 5.70. The average Bonchev–Trinajstić information content (AvgIpc) is 2.06. The summed E-state index contributed by atoms with van der Waals surface area (Å²) in [6.07, 6.45) is 0. The van der Waals surface area contributed by atoms with Crippen LogP contribution in [-0.2, 0) is 15.6 Å². The fourth-order valence-corrected chi connectivity index (χ4v) is 1.83. The molecule has 0 N–H and O–H groups in total. The van der Waals surface area contributed by atoms with E-state index in [1.54, 1.807) is 6.92 Å². The second kappa shape index (κ2) is 3.72. The van der Waals surface area contributed by atoms with Crippen LogP contribution in [0.15, 0.2) is 30.3 Å². The minimum absolute atomic E-state index is 0.157. The molecule has 3 heteroatoms. The Morgan fingerprint density at radius 3 is 2.25 bits per heavy atom. The van der Waals surface area contributed by atoms with Gasteiger partial charge in [0.2, 0.25) is 0 Å². The van der Waals surface area contributed by atoms with Gasteiger partial charge in [-0.05, 0) is 5.56 Å². The molecule has 0 heterocycles. The second-order valence-corrected chi connectivity index (χ2v) is 5.02. The Kier molecular flexibility index (Phi) is 2.87. The lowest BCUT2D eigenvalue weighted by molar-refractivity contribution is 0.596. The van der Waals surface area contributed by atoms with Gasteiger partial charge >= 0.3 is 0 Å². The van der Waals surface area contributed by atoms with E-state index in [0.717, 1.165) is 5.56 Å². The molecule has 0 aliphatic heterocycles. The normalized spacial score (nSPS) is 11.4. The van der Waals surface area contributed by atoms with Gasteiger partial charge in [-0.15, -0.1) is 0 Å². The van der Waals surface area contributed by atoms with Crippen molar-refractivity contribution in [3.05, 3.63) is 35.9 Å². The van der Waals surface area contributed by atoms with Gasteiger partial charge in [0.25, 0.3) is 0 Å². The van der Waals surface area contributed by atoms with Crippen LogP contribution < -0.4 is 0 Å². The monoisotopic (exact) mass is 184 g/mol. The van der Waals surface area contributed by atoms with Gasteiger partial charge in [0.1, 0.15) is 0 Å². The highest BCUT2D eigenvalue weighted by molar-refractivity contribution is 7.90. The summed E-state index contributed by atoms with van der Waals surface area (Å²) in [6, 6.07) is 9.23. The number of hydrogen-bond donors (Lipinski definition) is 0. The lowest BCUT2D eigenvalue weighted by Crippen LogP contribution is -2.06. The first kappa shape index (κ1) is 9.26. The van der Waals surface area contributed by atoms with E-state index < -0.39 is 9.84 Å². The molecule has 0 unspecified atom stereocenters. The van der Waals surface area contributed by atoms with Crippen LogP contribution in [0.4, 0.5) is 0 Å². The number of sulfone groups is 1. The van der Waals surface area contributed by atoms with Crippen LogP contribution in [0.1, 0.15) is 12.5 Å². The molecule has 0 bridgehead atoms. The zero-order valence-corrected chi connectivity index (χ0v) is 7.84. The molecule has 2 nitrogen and oxygen atoms in total. The summed E-state index contributed by atoms with van der Waals surface area (Å²) in [4.78, 5) is 0. The van der Waals surface area contributed by atoms with E-state index >= 15 is 0 Å². The molecule has 12 heavy (non-hydrogen) atoms. The molecule has 0 atom stereocenters. The van der Waals surface area contributed by atoms with Crippen LogP contribution in [0.3, 0.4) is 0 Å². The molecule has 0 saturated carbocycles. The molecule has 0 aromatic heterocycles.